The molecule has 0 aromatic heterocycles. The van der Waals surface area contributed by atoms with Crippen LogP contribution in [0.2, 0.25) is 0 Å². The van der Waals surface area contributed by atoms with Crippen molar-refractivity contribution < 1.29 is 14.4 Å². The lowest BCUT2D eigenvalue weighted by molar-refractivity contribution is -0.145. The average Bonchev–Trinajstić information content (AvgIpc) is 2.45. The summed E-state index contributed by atoms with van der Waals surface area (Å²) in [5.41, 5.74) is 5.45. The Labute approximate surface area is 105 Å². The molecule has 1 fully saturated rings. The molecule has 1 aliphatic heterocycles. The van der Waals surface area contributed by atoms with Crippen molar-refractivity contribution in [2.45, 2.75) is 43.7 Å². The molecule has 0 aromatic rings. The number of nitrogens with two attached hydrogens (primary N) is 1. The number of thioether (sulfide) groups is 1. The van der Waals surface area contributed by atoms with Gasteiger partial charge in [0.2, 0.25) is 11.8 Å². The molecule has 6 heteroatoms. The molecule has 1 unspecified atom stereocenters. The highest BCUT2D eigenvalue weighted by Crippen LogP contribution is 2.29. The molecule has 0 aromatic carbocycles. The van der Waals surface area contributed by atoms with Gasteiger partial charge in [-0.1, -0.05) is 13.8 Å². The van der Waals surface area contributed by atoms with Gasteiger partial charge in [-0.3, -0.25) is 19.3 Å². The van der Waals surface area contributed by atoms with Crippen molar-refractivity contribution in [1.82, 2.24) is 4.90 Å². The third-order valence-electron chi connectivity index (χ3n) is 2.58. The van der Waals surface area contributed by atoms with Crippen molar-refractivity contribution in [3.63, 3.8) is 0 Å². The summed E-state index contributed by atoms with van der Waals surface area (Å²) in [6.07, 6.45) is 0.172. The fourth-order valence-corrected chi connectivity index (χ4v) is 2.96. The summed E-state index contributed by atoms with van der Waals surface area (Å²) < 4.78 is 0. The molecule has 0 spiro atoms. The maximum atomic E-state index is 12.0. The first-order valence-electron chi connectivity index (χ1n) is 5.60. The summed E-state index contributed by atoms with van der Waals surface area (Å²) in [7, 11) is 0. The Morgan fingerprint density at radius 3 is 2.53 bits per heavy atom. The molecule has 0 saturated carbocycles. The first kappa shape index (κ1) is 14.2. The largest absolute Gasteiger partial charge is 0.328 e. The van der Waals surface area contributed by atoms with Crippen molar-refractivity contribution in [1.29, 1.82) is 0 Å². The molecule has 0 aliphatic carbocycles. The van der Waals surface area contributed by atoms with E-state index in [1.165, 1.54) is 18.7 Å². The monoisotopic (exact) mass is 258 g/mol. The number of rotatable bonds is 5. The standard InChI is InChI=1S/C11H18N2O3S/c1-6(2)17-9-4-10(15)13(11(9)16)8(5-12)7(3)14/h6,8-9H,4-5,12H2,1-3H3/t8-,9?/m0/s1. The van der Waals surface area contributed by atoms with Gasteiger partial charge in [-0.2, -0.15) is 0 Å². The lowest BCUT2D eigenvalue weighted by Gasteiger charge is -2.23. The van der Waals surface area contributed by atoms with E-state index in [1.54, 1.807) is 0 Å². The Balaban J connectivity index is 2.84. The zero-order valence-corrected chi connectivity index (χ0v) is 11.1. The van der Waals surface area contributed by atoms with Crippen LogP contribution in [0.1, 0.15) is 27.2 Å². The molecular formula is C11H18N2O3S. The Morgan fingerprint density at radius 2 is 2.12 bits per heavy atom. The highest BCUT2D eigenvalue weighted by atomic mass is 32.2. The molecule has 1 heterocycles. The van der Waals surface area contributed by atoms with Crippen LogP contribution in [0, 0.1) is 0 Å². The molecule has 17 heavy (non-hydrogen) atoms. The SMILES string of the molecule is CC(=O)[C@H](CN)N1C(=O)CC(SC(C)C)C1=O. The molecule has 1 saturated heterocycles. The van der Waals surface area contributed by atoms with Crippen LogP contribution in [-0.2, 0) is 14.4 Å². The van der Waals surface area contributed by atoms with E-state index in [0.717, 1.165) is 4.90 Å². The third-order valence-corrected chi connectivity index (χ3v) is 3.82. The number of imide groups is 1. The van der Waals surface area contributed by atoms with Crippen molar-refractivity contribution in [3.8, 4) is 0 Å². The predicted molar refractivity (Wildman–Crippen MR) is 66.5 cm³/mol. The number of hydrogen-bond acceptors (Lipinski definition) is 5. The van der Waals surface area contributed by atoms with E-state index >= 15 is 0 Å². The zero-order valence-electron chi connectivity index (χ0n) is 10.3. The van der Waals surface area contributed by atoms with Crippen molar-refractivity contribution in [2.75, 3.05) is 6.54 Å². The molecule has 5 nitrogen and oxygen atoms in total. The number of hydrogen-bond donors (Lipinski definition) is 1. The van der Waals surface area contributed by atoms with E-state index in [4.69, 9.17) is 5.73 Å². The highest BCUT2D eigenvalue weighted by molar-refractivity contribution is 8.01. The minimum Gasteiger partial charge on any atom is -0.328 e. The number of nitrogens with zero attached hydrogens (tertiary/aromatic N) is 1. The summed E-state index contributed by atoms with van der Waals surface area (Å²) >= 11 is 1.45. The summed E-state index contributed by atoms with van der Waals surface area (Å²) in [5, 5.41) is -0.0961. The third kappa shape index (κ3) is 3.07. The van der Waals surface area contributed by atoms with Crippen molar-refractivity contribution in [3.05, 3.63) is 0 Å². The summed E-state index contributed by atoms with van der Waals surface area (Å²) in [6, 6.07) is -0.798. The van der Waals surface area contributed by atoms with Gasteiger partial charge in [0, 0.05) is 13.0 Å². The first-order valence-corrected chi connectivity index (χ1v) is 6.54. The van der Waals surface area contributed by atoms with E-state index in [-0.39, 0.29) is 41.1 Å². The fourth-order valence-electron chi connectivity index (χ4n) is 1.84. The van der Waals surface area contributed by atoms with E-state index in [2.05, 4.69) is 0 Å². The number of likely N-dealkylation sites (tertiary alicyclic amines) is 1. The Bertz CT molecular complexity index is 344. The van der Waals surface area contributed by atoms with Gasteiger partial charge in [0.15, 0.2) is 5.78 Å². The van der Waals surface area contributed by atoms with Gasteiger partial charge in [0.25, 0.3) is 0 Å². The summed E-state index contributed by atoms with van der Waals surface area (Å²) in [4.78, 5) is 36.2. The van der Waals surface area contributed by atoms with Crippen molar-refractivity contribution >= 4 is 29.4 Å². The second-order valence-electron chi connectivity index (χ2n) is 4.34. The van der Waals surface area contributed by atoms with Gasteiger partial charge in [-0.15, -0.1) is 11.8 Å². The van der Waals surface area contributed by atoms with Crippen molar-refractivity contribution in [2.24, 2.45) is 5.73 Å². The molecule has 96 valence electrons. The number of carbonyl (C=O) groups is 3. The minimum atomic E-state index is -0.798. The van der Waals surface area contributed by atoms with E-state index in [0.29, 0.717) is 0 Å². The minimum absolute atomic E-state index is 0.00806. The molecule has 2 N–H and O–H groups in total. The Kier molecular flexibility index (Phi) is 4.70. The normalized spacial score (nSPS) is 22.4. The zero-order chi connectivity index (χ0) is 13.2. The van der Waals surface area contributed by atoms with Crippen LogP contribution in [0.25, 0.3) is 0 Å². The predicted octanol–water partition coefficient (Wildman–Crippen LogP) is 0.172. The van der Waals surface area contributed by atoms with Crippen LogP contribution in [-0.4, -0.2) is 45.6 Å². The molecule has 2 atom stereocenters. The topological polar surface area (TPSA) is 80.5 Å². The number of ketones is 1. The van der Waals surface area contributed by atoms with Crippen LogP contribution in [0.15, 0.2) is 0 Å². The smallest absolute Gasteiger partial charge is 0.243 e. The maximum Gasteiger partial charge on any atom is 0.243 e. The van der Waals surface area contributed by atoms with Gasteiger partial charge >= 0.3 is 0 Å². The maximum absolute atomic E-state index is 12.0. The van der Waals surface area contributed by atoms with Crippen LogP contribution in [0.5, 0.6) is 0 Å². The highest BCUT2D eigenvalue weighted by Gasteiger charge is 2.43. The molecular weight excluding hydrogens is 240 g/mol. The van der Waals surface area contributed by atoms with E-state index in [1.807, 2.05) is 13.8 Å². The van der Waals surface area contributed by atoms with Gasteiger partial charge < -0.3 is 5.73 Å². The lowest BCUT2D eigenvalue weighted by atomic mass is 10.2. The molecule has 1 aliphatic rings. The second-order valence-corrected chi connectivity index (χ2v) is 6.13. The Hall–Kier alpha value is -0.880. The second kappa shape index (κ2) is 5.64. The molecule has 0 radical (unpaired) electrons. The van der Waals surface area contributed by atoms with E-state index in [9.17, 15) is 14.4 Å². The lowest BCUT2D eigenvalue weighted by Crippen LogP contribution is -2.48. The summed E-state index contributed by atoms with van der Waals surface area (Å²) in [6.45, 7) is 5.28. The van der Waals surface area contributed by atoms with Crippen LogP contribution >= 0.6 is 11.8 Å². The van der Waals surface area contributed by atoms with Gasteiger partial charge in [0.1, 0.15) is 6.04 Å². The van der Waals surface area contributed by atoms with E-state index < -0.39 is 6.04 Å². The van der Waals surface area contributed by atoms with Gasteiger partial charge in [-0.25, -0.2) is 0 Å². The number of Topliss-reactive ketones (excluding diaryl/α,β-unsaturated/α-hetero) is 1. The van der Waals surface area contributed by atoms with Crippen LogP contribution in [0.3, 0.4) is 0 Å². The quantitative estimate of drug-likeness (QED) is 0.711. The molecule has 0 bridgehead atoms. The molecule has 2 amide bonds. The Morgan fingerprint density at radius 1 is 1.53 bits per heavy atom. The fraction of sp³-hybridized carbons (Fsp3) is 0.727. The van der Waals surface area contributed by atoms with Crippen LogP contribution in [0.4, 0.5) is 0 Å². The number of carbonyl (C=O) groups excluding carboxylic acids is 3. The van der Waals surface area contributed by atoms with Crippen LogP contribution < -0.4 is 5.73 Å². The van der Waals surface area contributed by atoms with Gasteiger partial charge in [0.05, 0.1) is 5.25 Å². The first-order chi connectivity index (χ1) is 7.88. The molecule has 1 rings (SSSR count). The summed E-state index contributed by atoms with van der Waals surface area (Å²) in [5.74, 6) is -0.817. The average molecular weight is 258 g/mol. The van der Waals surface area contributed by atoms with Gasteiger partial charge in [-0.05, 0) is 12.2 Å². The number of amides is 2.